The molecule has 1 N–H and O–H groups in total. The molecule has 30 heavy (non-hydrogen) atoms. The summed E-state index contributed by atoms with van der Waals surface area (Å²) in [6.45, 7) is 3.99. The van der Waals surface area contributed by atoms with Crippen LogP contribution in [0, 0.1) is 6.92 Å². The van der Waals surface area contributed by atoms with Gasteiger partial charge in [-0.15, -0.1) is 10.2 Å². The normalized spacial score (nSPS) is 16.1. The van der Waals surface area contributed by atoms with Gasteiger partial charge in [-0.25, -0.2) is 0 Å². The highest BCUT2D eigenvalue weighted by atomic mass is 32.2. The van der Waals surface area contributed by atoms with Gasteiger partial charge in [0.1, 0.15) is 5.76 Å². The van der Waals surface area contributed by atoms with Crippen molar-refractivity contribution in [3.05, 3.63) is 54.0 Å². The molecular formula is C22H26N4O3S. The van der Waals surface area contributed by atoms with Crippen LogP contribution < -0.4 is 5.32 Å². The van der Waals surface area contributed by atoms with E-state index in [2.05, 4.69) is 32.2 Å². The minimum Gasteiger partial charge on any atom is -0.469 e. The van der Waals surface area contributed by atoms with E-state index in [-0.39, 0.29) is 12.0 Å². The van der Waals surface area contributed by atoms with Gasteiger partial charge in [-0.1, -0.05) is 42.1 Å². The molecule has 1 aromatic carbocycles. The van der Waals surface area contributed by atoms with Crippen molar-refractivity contribution in [1.82, 2.24) is 20.1 Å². The van der Waals surface area contributed by atoms with Gasteiger partial charge < -0.3 is 14.5 Å². The highest BCUT2D eigenvalue weighted by Crippen LogP contribution is 2.28. The molecule has 8 heteroatoms. The lowest BCUT2D eigenvalue weighted by Gasteiger charge is -2.14. The average Bonchev–Trinajstić information content (AvgIpc) is 3.50. The van der Waals surface area contributed by atoms with E-state index >= 15 is 0 Å². The number of furan rings is 1. The second kappa shape index (κ2) is 9.95. The smallest absolute Gasteiger partial charge is 0.230 e. The summed E-state index contributed by atoms with van der Waals surface area (Å²) in [5.41, 5.74) is 2.13. The van der Waals surface area contributed by atoms with Crippen LogP contribution in [0.3, 0.4) is 0 Å². The van der Waals surface area contributed by atoms with Crippen molar-refractivity contribution in [2.45, 2.75) is 44.0 Å². The number of hydrogen-bond acceptors (Lipinski definition) is 6. The molecule has 1 unspecified atom stereocenters. The molecule has 1 amide bonds. The predicted molar refractivity (Wildman–Crippen MR) is 115 cm³/mol. The number of nitrogens with one attached hydrogen (secondary N) is 1. The molecule has 7 nitrogen and oxygen atoms in total. The van der Waals surface area contributed by atoms with E-state index in [0.29, 0.717) is 18.8 Å². The van der Waals surface area contributed by atoms with Crippen LogP contribution in [0.5, 0.6) is 0 Å². The number of carbonyl (C=O) groups is 1. The summed E-state index contributed by atoms with van der Waals surface area (Å²) in [7, 11) is 0. The van der Waals surface area contributed by atoms with Gasteiger partial charge in [0, 0.05) is 13.2 Å². The van der Waals surface area contributed by atoms with E-state index in [9.17, 15) is 4.79 Å². The van der Waals surface area contributed by atoms with Crippen molar-refractivity contribution in [3.63, 3.8) is 0 Å². The Morgan fingerprint density at radius 2 is 2.13 bits per heavy atom. The number of aryl methyl sites for hydroxylation is 1. The van der Waals surface area contributed by atoms with E-state index in [1.54, 1.807) is 6.26 Å². The first-order valence-electron chi connectivity index (χ1n) is 10.2. The van der Waals surface area contributed by atoms with Crippen LogP contribution in [-0.2, 0) is 22.5 Å². The van der Waals surface area contributed by atoms with Crippen LogP contribution >= 0.6 is 11.8 Å². The number of hydrogen-bond donors (Lipinski definition) is 1. The second-order valence-corrected chi connectivity index (χ2v) is 8.26. The first kappa shape index (κ1) is 20.7. The number of ether oxygens (including phenoxy) is 1. The van der Waals surface area contributed by atoms with Crippen molar-refractivity contribution in [1.29, 1.82) is 0 Å². The van der Waals surface area contributed by atoms with Crippen LogP contribution in [0.4, 0.5) is 0 Å². The zero-order valence-corrected chi connectivity index (χ0v) is 17.9. The fourth-order valence-corrected chi connectivity index (χ4v) is 4.32. The van der Waals surface area contributed by atoms with Gasteiger partial charge in [-0.05, 0) is 37.8 Å². The summed E-state index contributed by atoms with van der Waals surface area (Å²) in [4.78, 5) is 12.3. The summed E-state index contributed by atoms with van der Waals surface area (Å²) >= 11 is 1.40. The Labute approximate surface area is 180 Å². The van der Waals surface area contributed by atoms with E-state index in [0.717, 1.165) is 48.2 Å². The molecule has 0 saturated carbocycles. The Bertz CT molecular complexity index is 964. The minimum atomic E-state index is -0.0105. The Balaban J connectivity index is 1.38. The SMILES string of the molecule is Cc1occc1-c1nnc(SCC(=O)NCCc2ccccc2)n1CC1CCCO1. The highest BCUT2D eigenvalue weighted by Gasteiger charge is 2.23. The van der Waals surface area contributed by atoms with E-state index in [4.69, 9.17) is 9.15 Å². The molecule has 4 rings (SSSR count). The number of carbonyl (C=O) groups excluding carboxylic acids is 1. The van der Waals surface area contributed by atoms with Gasteiger partial charge in [0.25, 0.3) is 0 Å². The summed E-state index contributed by atoms with van der Waals surface area (Å²) in [5.74, 6) is 1.83. The molecule has 0 bridgehead atoms. The fraction of sp³-hybridized carbons (Fsp3) is 0.409. The number of benzene rings is 1. The maximum absolute atomic E-state index is 12.3. The first-order chi connectivity index (χ1) is 14.7. The largest absolute Gasteiger partial charge is 0.469 e. The Morgan fingerprint density at radius 1 is 1.27 bits per heavy atom. The zero-order valence-electron chi connectivity index (χ0n) is 17.0. The van der Waals surface area contributed by atoms with Gasteiger partial charge in [0.2, 0.25) is 5.91 Å². The minimum absolute atomic E-state index is 0.0105. The molecule has 1 aliphatic rings. The maximum Gasteiger partial charge on any atom is 0.230 e. The van der Waals surface area contributed by atoms with Gasteiger partial charge in [-0.2, -0.15) is 0 Å². The van der Waals surface area contributed by atoms with Crippen LogP contribution in [-0.4, -0.2) is 45.7 Å². The number of amides is 1. The van der Waals surface area contributed by atoms with Gasteiger partial charge >= 0.3 is 0 Å². The van der Waals surface area contributed by atoms with Gasteiger partial charge in [0.05, 0.1) is 30.2 Å². The Hall–Kier alpha value is -2.58. The molecule has 1 aliphatic heterocycles. The second-order valence-electron chi connectivity index (χ2n) is 7.32. The molecule has 3 aromatic rings. The Kier molecular flexibility index (Phi) is 6.86. The summed E-state index contributed by atoms with van der Waals surface area (Å²) < 4.78 is 13.3. The van der Waals surface area contributed by atoms with Crippen LogP contribution in [0.15, 0.2) is 52.2 Å². The molecule has 1 fully saturated rings. The Morgan fingerprint density at radius 3 is 2.87 bits per heavy atom. The predicted octanol–water partition coefficient (Wildman–Crippen LogP) is 3.48. The number of nitrogens with zero attached hydrogens (tertiary/aromatic N) is 3. The first-order valence-corrected chi connectivity index (χ1v) is 11.2. The van der Waals surface area contributed by atoms with Crippen molar-refractivity contribution < 1.29 is 13.9 Å². The van der Waals surface area contributed by atoms with Gasteiger partial charge in [0.15, 0.2) is 11.0 Å². The third-order valence-electron chi connectivity index (χ3n) is 5.14. The third kappa shape index (κ3) is 5.12. The van der Waals surface area contributed by atoms with Crippen LogP contribution in [0.1, 0.15) is 24.2 Å². The van der Waals surface area contributed by atoms with Crippen LogP contribution in [0.2, 0.25) is 0 Å². The summed E-state index contributed by atoms with van der Waals surface area (Å²) in [6.07, 6.45) is 4.70. The molecule has 0 spiro atoms. The molecular weight excluding hydrogens is 400 g/mol. The summed E-state index contributed by atoms with van der Waals surface area (Å²) in [5, 5.41) is 12.4. The van der Waals surface area contributed by atoms with Crippen molar-refractivity contribution in [3.8, 4) is 11.4 Å². The molecule has 3 heterocycles. The zero-order chi connectivity index (χ0) is 20.8. The molecule has 2 aromatic heterocycles. The van der Waals surface area contributed by atoms with Crippen LogP contribution in [0.25, 0.3) is 11.4 Å². The number of rotatable bonds is 9. The molecule has 1 saturated heterocycles. The third-order valence-corrected chi connectivity index (χ3v) is 6.10. The van der Waals surface area contributed by atoms with Gasteiger partial charge in [-0.3, -0.25) is 9.36 Å². The highest BCUT2D eigenvalue weighted by molar-refractivity contribution is 7.99. The summed E-state index contributed by atoms with van der Waals surface area (Å²) in [6, 6.07) is 12.0. The molecule has 0 aliphatic carbocycles. The molecule has 1 atom stereocenters. The fourth-order valence-electron chi connectivity index (χ4n) is 3.54. The lowest BCUT2D eigenvalue weighted by atomic mass is 10.1. The quantitative estimate of drug-likeness (QED) is 0.528. The van der Waals surface area contributed by atoms with Crippen molar-refractivity contribution >= 4 is 17.7 Å². The van der Waals surface area contributed by atoms with Crippen molar-refractivity contribution in [2.75, 3.05) is 18.9 Å². The lowest BCUT2D eigenvalue weighted by Crippen LogP contribution is -2.27. The molecule has 0 radical (unpaired) electrons. The van der Waals surface area contributed by atoms with Crippen molar-refractivity contribution in [2.24, 2.45) is 0 Å². The topological polar surface area (TPSA) is 82.2 Å². The standard InChI is InChI=1S/C22H26N4O3S/c1-16-19(10-13-28-16)21-24-25-22(26(21)14-18-8-5-12-29-18)30-15-20(27)23-11-9-17-6-3-2-4-7-17/h2-4,6-7,10,13,18H,5,8-9,11-12,14-15H2,1H3,(H,23,27). The molecule has 158 valence electrons. The number of thioether (sulfide) groups is 1. The lowest BCUT2D eigenvalue weighted by molar-refractivity contribution is -0.118. The van der Waals surface area contributed by atoms with E-state index in [1.807, 2.05) is 31.2 Å². The van der Waals surface area contributed by atoms with E-state index in [1.165, 1.54) is 17.3 Å². The maximum atomic E-state index is 12.3. The number of aromatic nitrogens is 3. The van der Waals surface area contributed by atoms with E-state index < -0.39 is 0 Å². The monoisotopic (exact) mass is 426 g/mol. The average molecular weight is 427 g/mol.